The molecule has 142 valence electrons. The molecule has 0 saturated carbocycles. The van der Waals surface area contributed by atoms with Gasteiger partial charge in [-0.25, -0.2) is 15.2 Å². The Morgan fingerprint density at radius 3 is 2.79 bits per heavy atom. The van der Waals surface area contributed by atoms with Crippen LogP contribution in [0.15, 0.2) is 60.9 Å². The van der Waals surface area contributed by atoms with E-state index >= 15 is 0 Å². The maximum absolute atomic E-state index is 11.1. The average Bonchev–Trinajstić information content (AvgIpc) is 3.28. The first-order valence-electron chi connectivity index (χ1n) is 9.05. The Bertz CT molecular complexity index is 969. The lowest BCUT2D eigenvalue weighted by Gasteiger charge is -2.11. The normalized spacial score (nSPS) is 16.1. The Morgan fingerprint density at radius 1 is 1.14 bits per heavy atom. The van der Waals surface area contributed by atoms with Crippen molar-refractivity contribution in [3.05, 3.63) is 77.9 Å². The van der Waals surface area contributed by atoms with Gasteiger partial charge in [0.1, 0.15) is 18.1 Å². The van der Waals surface area contributed by atoms with E-state index in [0.717, 1.165) is 35.3 Å². The van der Waals surface area contributed by atoms with Gasteiger partial charge in [-0.3, -0.25) is 10.4 Å². The summed E-state index contributed by atoms with van der Waals surface area (Å²) < 4.78 is 5.86. The molecule has 7 nitrogen and oxygen atoms in total. The largest absolute Gasteiger partial charge is 0.487 e. The minimum absolute atomic E-state index is 0.0252. The van der Waals surface area contributed by atoms with Crippen molar-refractivity contribution in [2.75, 3.05) is 6.54 Å². The predicted octanol–water partition coefficient (Wildman–Crippen LogP) is 2.96. The molecule has 0 bridgehead atoms. The first kappa shape index (κ1) is 18.1. The van der Waals surface area contributed by atoms with Gasteiger partial charge in [-0.15, -0.1) is 0 Å². The van der Waals surface area contributed by atoms with Crippen molar-refractivity contribution in [2.45, 2.75) is 19.1 Å². The van der Waals surface area contributed by atoms with Gasteiger partial charge < -0.3 is 9.84 Å². The zero-order valence-electron chi connectivity index (χ0n) is 15.1. The fraction of sp³-hybridized carbons (Fsp3) is 0.190. The molecule has 7 heteroatoms. The highest BCUT2D eigenvalue weighted by molar-refractivity contribution is 5.87. The number of ether oxygens (including phenoxy) is 1. The molecule has 3 heterocycles. The van der Waals surface area contributed by atoms with Crippen LogP contribution in [0.4, 0.5) is 0 Å². The number of hydrogen-bond acceptors (Lipinski definition) is 6. The van der Waals surface area contributed by atoms with Crippen molar-refractivity contribution in [1.82, 2.24) is 20.8 Å². The highest BCUT2D eigenvalue weighted by Gasteiger charge is 2.16. The lowest BCUT2D eigenvalue weighted by molar-refractivity contribution is 0.0690. The molecule has 1 aliphatic rings. The van der Waals surface area contributed by atoms with Crippen molar-refractivity contribution in [3.8, 4) is 16.9 Å². The first-order valence-corrected chi connectivity index (χ1v) is 9.05. The van der Waals surface area contributed by atoms with Gasteiger partial charge in [0, 0.05) is 12.7 Å². The Morgan fingerprint density at radius 2 is 2.04 bits per heavy atom. The van der Waals surface area contributed by atoms with E-state index in [-0.39, 0.29) is 11.7 Å². The number of hydrogen-bond donors (Lipinski definition) is 3. The van der Waals surface area contributed by atoms with Crippen LogP contribution in [-0.2, 0) is 6.61 Å². The number of nitrogens with one attached hydrogen (secondary N) is 2. The lowest BCUT2D eigenvalue weighted by Crippen LogP contribution is -2.25. The molecule has 1 aliphatic heterocycles. The Hall–Kier alpha value is -3.29. The highest BCUT2D eigenvalue weighted by atomic mass is 16.5. The van der Waals surface area contributed by atoms with E-state index in [1.54, 1.807) is 18.3 Å². The van der Waals surface area contributed by atoms with Gasteiger partial charge in [0.15, 0.2) is 0 Å². The van der Waals surface area contributed by atoms with Crippen molar-refractivity contribution >= 4 is 5.97 Å². The molecule has 28 heavy (non-hydrogen) atoms. The summed E-state index contributed by atoms with van der Waals surface area (Å²) in [6, 6.07) is 15.3. The number of rotatable bonds is 6. The second kappa shape index (κ2) is 8.16. The van der Waals surface area contributed by atoms with E-state index in [1.165, 1.54) is 6.20 Å². The summed E-state index contributed by atoms with van der Waals surface area (Å²) in [5, 5.41) is 9.11. The van der Waals surface area contributed by atoms with E-state index in [0.29, 0.717) is 12.4 Å². The van der Waals surface area contributed by atoms with Gasteiger partial charge in [-0.2, -0.15) is 0 Å². The maximum atomic E-state index is 11.1. The highest BCUT2D eigenvalue weighted by Crippen LogP contribution is 2.23. The molecule has 1 atom stereocenters. The van der Waals surface area contributed by atoms with Crippen molar-refractivity contribution in [2.24, 2.45) is 0 Å². The topological polar surface area (TPSA) is 96.4 Å². The van der Waals surface area contributed by atoms with Crippen LogP contribution in [0.1, 0.15) is 34.2 Å². The second-order valence-corrected chi connectivity index (χ2v) is 6.56. The van der Waals surface area contributed by atoms with Crippen molar-refractivity contribution in [3.63, 3.8) is 0 Å². The van der Waals surface area contributed by atoms with Crippen molar-refractivity contribution in [1.29, 1.82) is 0 Å². The Kier molecular flexibility index (Phi) is 5.27. The van der Waals surface area contributed by atoms with Gasteiger partial charge in [-0.1, -0.05) is 18.2 Å². The molecule has 1 aromatic carbocycles. The Balaban J connectivity index is 1.43. The van der Waals surface area contributed by atoms with Crippen LogP contribution in [-0.4, -0.2) is 27.6 Å². The molecule has 2 aromatic heterocycles. The minimum Gasteiger partial charge on any atom is -0.487 e. The number of carboxylic acid groups (broad SMARTS) is 1. The number of hydrazine groups is 1. The second-order valence-electron chi connectivity index (χ2n) is 6.56. The van der Waals surface area contributed by atoms with Crippen LogP contribution in [0.5, 0.6) is 5.75 Å². The average molecular weight is 376 g/mol. The summed E-state index contributed by atoms with van der Waals surface area (Å²) in [6.07, 6.45) is 4.25. The molecule has 0 radical (unpaired) electrons. The molecule has 3 aromatic rings. The summed E-state index contributed by atoms with van der Waals surface area (Å²) in [5.74, 6) is -0.335. The van der Waals surface area contributed by atoms with Gasteiger partial charge in [-0.05, 0) is 53.4 Å². The molecule has 0 amide bonds. The van der Waals surface area contributed by atoms with Crippen LogP contribution >= 0.6 is 0 Å². The maximum Gasteiger partial charge on any atom is 0.354 e. The van der Waals surface area contributed by atoms with E-state index in [4.69, 9.17) is 9.84 Å². The predicted molar refractivity (Wildman–Crippen MR) is 104 cm³/mol. The smallest absolute Gasteiger partial charge is 0.354 e. The van der Waals surface area contributed by atoms with Crippen LogP contribution in [0.3, 0.4) is 0 Å². The van der Waals surface area contributed by atoms with Crippen molar-refractivity contribution < 1.29 is 14.6 Å². The summed E-state index contributed by atoms with van der Waals surface area (Å²) >= 11 is 0. The van der Waals surface area contributed by atoms with E-state index in [2.05, 4.69) is 20.8 Å². The number of nitrogens with zero attached hydrogens (tertiary/aromatic N) is 2. The number of benzene rings is 1. The summed E-state index contributed by atoms with van der Waals surface area (Å²) in [6.45, 7) is 1.33. The molecule has 0 aliphatic carbocycles. The third kappa shape index (κ3) is 4.16. The molecule has 1 unspecified atom stereocenters. The van der Waals surface area contributed by atoms with Crippen LogP contribution in [0.2, 0.25) is 0 Å². The molecule has 4 rings (SSSR count). The van der Waals surface area contributed by atoms with Gasteiger partial charge in [0.05, 0.1) is 17.9 Å². The number of carboxylic acids is 1. The zero-order valence-corrected chi connectivity index (χ0v) is 15.1. The van der Waals surface area contributed by atoms with Gasteiger partial charge in [0.2, 0.25) is 0 Å². The first-order chi connectivity index (χ1) is 13.7. The standard InChI is InChI=1S/C21H20N4O3/c26-21(27)20-11-16(6-8-22-20)15-3-1-2-14(10-15)13-28-17-4-5-18(23-12-17)19-7-9-24-25-19/h1-6,8,10-12,19,24-25H,7,9,13H2,(H,26,27). The fourth-order valence-electron chi connectivity index (χ4n) is 3.12. The van der Waals surface area contributed by atoms with Crippen LogP contribution < -0.4 is 15.6 Å². The van der Waals surface area contributed by atoms with E-state index in [9.17, 15) is 4.79 Å². The third-order valence-corrected chi connectivity index (χ3v) is 4.60. The lowest BCUT2D eigenvalue weighted by atomic mass is 10.0. The quantitative estimate of drug-likeness (QED) is 0.609. The van der Waals surface area contributed by atoms with E-state index < -0.39 is 5.97 Å². The summed E-state index contributed by atoms with van der Waals surface area (Å²) in [4.78, 5) is 19.5. The number of pyridine rings is 2. The molecule has 1 saturated heterocycles. The molecular formula is C21H20N4O3. The fourth-order valence-corrected chi connectivity index (χ4v) is 3.12. The van der Waals surface area contributed by atoms with Gasteiger partial charge >= 0.3 is 5.97 Å². The SMILES string of the molecule is O=C(O)c1cc(-c2cccc(COc3ccc(C4CCNN4)nc3)c2)ccn1. The zero-order chi connectivity index (χ0) is 19.3. The summed E-state index contributed by atoms with van der Waals surface area (Å²) in [7, 11) is 0. The van der Waals surface area contributed by atoms with Crippen LogP contribution in [0.25, 0.3) is 11.1 Å². The number of aromatic nitrogens is 2. The number of aromatic carboxylic acids is 1. The Labute approximate surface area is 162 Å². The molecule has 1 fully saturated rings. The van der Waals surface area contributed by atoms with Gasteiger partial charge in [0.25, 0.3) is 0 Å². The monoisotopic (exact) mass is 376 g/mol. The molecule has 0 spiro atoms. The third-order valence-electron chi connectivity index (χ3n) is 4.60. The summed E-state index contributed by atoms with van der Waals surface area (Å²) in [5.41, 5.74) is 10.0. The minimum atomic E-state index is -1.04. The van der Waals surface area contributed by atoms with E-state index in [1.807, 2.05) is 36.4 Å². The molecular weight excluding hydrogens is 356 g/mol. The molecule has 3 N–H and O–H groups in total. The van der Waals surface area contributed by atoms with Crippen LogP contribution in [0, 0.1) is 0 Å². The number of carbonyl (C=O) groups is 1.